The van der Waals surface area contributed by atoms with Crippen molar-refractivity contribution in [3.05, 3.63) is 29.3 Å². The summed E-state index contributed by atoms with van der Waals surface area (Å²) in [6.07, 6.45) is 0.515. The van der Waals surface area contributed by atoms with E-state index in [0.717, 1.165) is 36.5 Å². The first-order chi connectivity index (χ1) is 9.71. The largest absolute Gasteiger partial charge is 0.492 e. The van der Waals surface area contributed by atoms with Gasteiger partial charge in [0.2, 0.25) is 0 Å². The third-order valence-electron chi connectivity index (χ3n) is 3.20. The van der Waals surface area contributed by atoms with Crippen LogP contribution in [0.25, 0.3) is 0 Å². The van der Waals surface area contributed by atoms with Crippen LogP contribution in [-0.2, 0) is 0 Å². The summed E-state index contributed by atoms with van der Waals surface area (Å²) in [5.41, 5.74) is 2.06. The lowest BCUT2D eigenvalue weighted by Gasteiger charge is -2.18. The zero-order valence-corrected chi connectivity index (χ0v) is 12.8. The first kappa shape index (κ1) is 16.6. The number of rotatable bonds is 7. The van der Waals surface area contributed by atoms with Crippen molar-refractivity contribution in [3.63, 3.8) is 0 Å². The van der Waals surface area contributed by atoms with Gasteiger partial charge in [0.1, 0.15) is 12.4 Å². The lowest BCUT2D eigenvalue weighted by Crippen LogP contribution is -2.28. The first-order valence-corrected chi connectivity index (χ1v) is 7.26. The van der Waals surface area contributed by atoms with Crippen molar-refractivity contribution in [2.75, 3.05) is 32.8 Å². The van der Waals surface area contributed by atoms with Crippen molar-refractivity contribution in [2.24, 2.45) is 0 Å². The predicted molar refractivity (Wildman–Crippen MR) is 83.0 cm³/mol. The molecule has 0 amide bonds. The minimum Gasteiger partial charge on any atom is -0.492 e. The van der Waals surface area contributed by atoms with E-state index in [9.17, 15) is 0 Å². The average molecular weight is 275 g/mol. The Balaban J connectivity index is 2.54. The Morgan fingerprint density at radius 1 is 1.25 bits per heavy atom. The van der Waals surface area contributed by atoms with Gasteiger partial charge in [0.15, 0.2) is 0 Å². The molecule has 1 aromatic rings. The summed E-state index contributed by atoms with van der Waals surface area (Å²) in [5.74, 6) is 6.88. The highest BCUT2D eigenvalue weighted by Gasteiger charge is 2.02. The van der Waals surface area contributed by atoms with Crippen LogP contribution < -0.4 is 4.74 Å². The summed E-state index contributed by atoms with van der Waals surface area (Å²) in [6.45, 7) is 10.2. The van der Waals surface area contributed by atoms with E-state index >= 15 is 0 Å². The summed E-state index contributed by atoms with van der Waals surface area (Å²) in [6, 6.07) is 5.96. The lowest BCUT2D eigenvalue weighted by atomic mass is 10.1. The van der Waals surface area contributed by atoms with Gasteiger partial charge in [-0.3, -0.25) is 0 Å². The van der Waals surface area contributed by atoms with Crippen LogP contribution in [0.4, 0.5) is 0 Å². The van der Waals surface area contributed by atoms with E-state index in [-0.39, 0.29) is 6.61 Å². The standard InChI is InChI=1S/C17H25NO2/c1-4-18(5-2)11-13-20-17-10-9-16(14-15(17)3)8-6-7-12-19/h9-10,14,19H,4-5,7,11-13H2,1-3H3. The number of nitrogens with zero attached hydrogens (tertiary/aromatic N) is 1. The van der Waals surface area contributed by atoms with Gasteiger partial charge >= 0.3 is 0 Å². The van der Waals surface area contributed by atoms with Gasteiger partial charge in [0.25, 0.3) is 0 Å². The normalized spacial score (nSPS) is 10.2. The molecule has 0 radical (unpaired) electrons. The fourth-order valence-electron chi connectivity index (χ4n) is 1.93. The Morgan fingerprint density at radius 2 is 2.00 bits per heavy atom. The molecular formula is C17H25NO2. The molecule has 1 aromatic carbocycles. The first-order valence-electron chi connectivity index (χ1n) is 7.26. The van der Waals surface area contributed by atoms with Crippen LogP contribution in [0.3, 0.4) is 0 Å². The van der Waals surface area contributed by atoms with E-state index in [1.54, 1.807) is 0 Å². The van der Waals surface area contributed by atoms with Crippen LogP contribution >= 0.6 is 0 Å². The molecule has 0 unspecified atom stereocenters. The van der Waals surface area contributed by atoms with Gasteiger partial charge in [-0.05, 0) is 43.8 Å². The zero-order chi connectivity index (χ0) is 14.8. The topological polar surface area (TPSA) is 32.7 Å². The molecule has 0 aliphatic rings. The molecule has 0 spiro atoms. The van der Waals surface area contributed by atoms with Crippen LogP contribution in [0.15, 0.2) is 18.2 Å². The highest BCUT2D eigenvalue weighted by molar-refractivity contribution is 5.43. The maximum atomic E-state index is 8.70. The van der Waals surface area contributed by atoms with Crippen molar-refractivity contribution in [3.8, 4) is 17.6 Å². The second-order valence-corrected chi connectivity index (χ2v) is 4.63. The predicted octanol–water partition coefficient (Wildman–Crippen LogP) is 2.45. The number of aliphatic hydroxyl groups is 1. The maximum absolute atomic E-state index is 8.70. The molecule has 0 aliphatic heterocycles. The lowest BCUT2D eigenvalue weighted by molar-refractivity contribution is 0.222. The van der Waals surface area contributed by atoms with Gasteiger partial charge in [-0.15, -0.1) is 0 Å². The Kier molecular flexibility index (Phi) is 7.79. The molecule has 0 atom stereocenters. The Hall–Kier alpha value is -1.50. The number of aryl methyl sites for hydroxylation is 1. The number of benzene rings is 1. The van der Waals surface area contributed by atoms with E-state index in [1.165, 1.54) is 0 Å². The summed E-state index contributed by atoms with van der Waals surface area (Å²) >= 11 is 0. The molecule has 1 rings (SSSR count). The third kappa shape index (κ3) is 5.64. The number of hydrogen-bond donors (Lipinski definition) is 1. The average Bonchev–Trinajstić information content (AvgIpc) is 2.46. The van der Waals surface area contributed by atoms with Crippen LogP contribution in [0.2, 0.25) is 0 Å². The minimum absolute atomic E-state index is 0.110. The van der Waals surface area contributed by atoms with Crippen molar-refractivity contribution in [1.82, 2.24) is 4.90 Å². The number of ether oxygens (including phenoxy) is 1. The smallest absolute Gasteiger partial charge is 0.122 e. The van der Waals surface area contributed by atoms with E-state index in [2.05, 4.69) is 30.6 Å². The highest BCUT2D eigenvalue weighted by Crippen LogP contribution is 2.18. The van der Waals surface area contributed by atoms with E-state index < -0.39 is 0 Å². The number of likely N-dealkylation sites (N-methyl/N-ethyl adjacent to an activating group) is 1. The second kappa shape index (κ2) is 9.41. The van der Waals surface area contributed by atoms with Gasteiger partial charge in [-0.2, -0.15) is 0 Å². The van der Waals surface area contributed by atoms with Crippen LogP contribution in [-0.4, -0.2) is 42.9 Å². The molecular weight excluding hydrogens is 250 g/mol. The van der Waals surface area contributed by atoms with Gasteiger partial charge in [0.05, 0.1) is 6.61 Å². The summed E-state index contributed by atoms with van der Waals surface area (Å²) in [5, 5.41) is 8.70. The molecule has 0 fully saturated rings. The molecule has 0 aliphatic carbocycles. The van der Waals surface area contributed by atoms with Gasteiger partial charge < -0.3 is 14.7 Å². The fraction of sp³-hybridized carbons (Fsp3) is 0.529. The molecule has 3 nitrogen and oxygen atoms in total. The van der Waals surface area contributed by atoms with Crippen LogP contribution in [0.1, 0.15) is 31.4 Å². The van der Waals surface area contributed by atoms with E-state index in [1.807, 2.05) is 25.1 Å². The molecule has 0 saturated heterocycles. The Labute approximate surface area is 122 Å². The Bertz CT molecular complexity index is 456. The van der Waals surface area contributed by atoms with Crippen LogP contribution in [0.5, 0.6) is 5.75 Å². The van der Waals surface area contributed by atoms with E-state index in [0.29, 0.717) is 13.0 Å². The Morgan fingerprint density at radius 3 is 2.60 bits per heavy atom. The molecule has 1 N–H and O–H groups in total. The van der Waals surface area contributed by atoms with Crippen LogP contribution in [0, 0.1) is 18.8 Å². The minimum atomic E-state index is 0.110. The van der Waals surface area contributed by atoms with Gasteiger partial charge in [0, 0.05) is 18.5 Å². The van der Waals surface area contributed by atoms with Crippen molar-refractivity contribution in [2.45, 2.75) is 27.2 Å². The van der Waals surface area contributed by atoms with Gasteiger partial charge in [-0.25, -0.2) is 0 Å². The zero-order valence-electron chi connectivity index (χ0n) is 12.8. The van der Waals surface area contributed by atoms with Crippen molar-refractivity contribution >= 4 is 0 Å². The maximum Gasteiger partial charge on any atom is 0.122 e. The number of aliphatic hydroxyl groups excluding tert-OH is 1. The quantitative estimate of drug-likeness (QED) is 0.776. The molecule has 0 aromatic heterocycles. The molecule has 20 heavy (non-hydrogen) atoms. The summed E-state index contributed by atoms with van der Waals surface area (Å²) < 4.78 is 5.82. The third-order valence-corrected chi connectivity index (χ3v) is 3.20. The number of hydrogen-bond acceptors (Lipinski definition) is 3. The molecule has 3 heteroatoms. The van der Waals surface area contributed by atoms with E-state index in [4.69, 9.17) is 9.84 Å². The molecule has 110 valence electrons. The fourth-order valence-corrected chi connectivity index (χ4v) is 1.93. The SMILES string of the molecule is CCN(CC)CCOc1ccc(C#CCCO)cc1C. The second-order valence-electron chi connectivity index (χ2n) is 4.63. The molecule has 0 saturated carbocycles. The summed E-state index contributed by atoms with van der Waals surface area (Å²) in [7, 11) is 0. The van der Waals surface area contributed by atoms with Crippen molar-refractivity contribution < 1.29 is 9.84 Å². The van der Waals surface area contributed by atoms with Crippen molar-refractivity contribution in [1.29, 1.82) is 0 Å². The highest BCUT2D eigenvalue weighted by atomic mass is 16.5. The molecule has 0 heterocycles. The summed E-state index contributed by atoms with van der Waals surface area (Å²) in [4.78, 5) is 2.34. The van der Waals surface area contributed by atoms with Gasteiger partial charge in [-0.1, -0.05) is 25.7 Å². The molecule has 0 bridgehead atoms. The monoisotopic (exact) mass is 275 g/mol.